The Balaban J connectivity index is 2.24. The standard InChI is InChI=1S/C23H30N/c1-6-10-20-11-8-9-12-21(20)22-19(5)13-17(3)16-24(22)23(7-2)14-18(4)15-23/h8-9,11-13,16H,4,6-7,10,14-15H2,1-3,5H3/q+1. The highest BCUT2D eigenvalue weighted by Crippen LogP contribution is 2.43. The molecule has 1 heterocycles. The molecule has 0 unspecified atom stereocenters. The van der Waals surface area contributed by atoms with Crippen molar-refractivity contribution in [1.82, 2.24) is 0 Å². The van der Waals surface area contributed by atoms with Crippen molar-refractivity contribution in [2.24, 2.45) is 0 Å². The summed E-state index contributed by atoms with van der Waals surface area (Å²) in [6.07, 6.45) is 8.05. The Hall–Kier alpha value is -1.89. The second-order valence-electron chi connectivity index (χ2n) is 7.51. The highest BCUT2D eigenvalue weighted by atomic mass is 15.1. The van der Waals surface area contributed by atoms with Crippen LogP contribution in [0.1, 0.15) is 56.2 Å². The van der Waals surface area contributed by atoms with Crippen LogP contribution < -0.4 is 4.57 Å². The van der Waals surface area contributed by atoms with Crippen LogP contribution in [0.3, 0.4) is 0 Å². The quantitative estimate of drug-likeness (QED) is 0.494. The molecule has 1 aromatic carbocycles. The van der Waals surface area contributed by atoms with Crippen molar-refractivity contribution in [2.45, 2.75) is 65.3 Å². The van der Waals surface area contributed by atoms with E-state index in [2.05, 4.69) is 75.4 Å². The molecule has 0 bridgehead atoms. The van der Waals surface area contributed by atoms with Gasteiger partial charge >= 0.3 is 0 Å². The van der Waals surface area contributed by atoms with E-state index in [-0.39, 0.29) is 5.54 Å². The van der Waals surface area contributed by atoms with Gasteiger partial charge in [-0.15, -0.1) is 0 Å². The van der Waals surface area contributed by atoms with Crippen LogP contribution in [0.4, 0.5) is 0 Å². The Labute approximate surface area is 147 Å². The lowest BCUT2D eigenvalue weighted by Crippen LogP contribution is -2.62. The van der Waals surface area contributed by atoms with Crippen LogP contribution in [0, 0.1) is 13.8 Å². The molecule has 1 aliphatic rings. The fourth-order valence-corrected chi connectivity index (χ4v) is 4.33. The summed E-state index contributed by atoms with van der Waals surface area (Å²) >= 11 is 0. The van der Waals surface area contributed by atoms with Crippen LogP contribution in [-0.2, 0) is 12.0 Å². The van der Waals surface area contributed by atoms with Gasteiger partial charge in [0.25, 0.3) is 0 Å². The number of allylic oxidation sites excluding steroid dienone is 1. The molecule has 0 N–H and O–H groups in total. The minimum Gasteiger partial charge on any atom is -0.192 e. The smallest absolute Gasteiger partial charge is 0.192 e. The molecule has 0 atom stereocenters. The summed E-state index contributed by atoms with van der Waals surface area (Å²) in [4.78, 5) is 0. The lowest BCUT2D eigenvalue weighted by Gasteiger charge is -2.39. The van der Waals surface area contributed by atoms with E-state index in [1.807, 2.05) is 0 Å². The number of pyridine rings is 1. The van der Waals surface area contributed by atoms with Crippen molar-refractivity contribution in [3.05, 3.63) is 65.4 Å². The van der Waals surface area contributed by atoms with E-state index in [1.165, 1.54) is 39.9 Å². The summed E-state index contributed by atoms with van der Waals surface area (Å²) in [5.41, 5.74) is 8.59. The highest BCUT2D eigenvalue weighted by molar-refractivity contribution is 5.64. The molecule has 1 saturated carbocycles. The molecule has 0 saturated heterocycles. The molecule has 0 radical (unpaired) electrons. The number of rotatable bonds is 5. The fourth-order valence-electron chi connectivity index (χ4n) is 4.33. The van der Waals surface area contributed by atoms with Gasteiger partial charge in [0.2, 0.25) is 5.69 Å². The van der Waals surface area contributed by atoms with Gasteiger partial charge in [0.15, 0.2) is 11.7 Å². The summed E-state index contributed by atoms with van der Waals surface area (Å²) < 4.78 is 2.58. The van der Waals surface area contributed by atoms with E-state index in [0.717, 1.165) is 25.7 Å². The first-order chi connectivity index (χ1) is 11.5. The predicted molar refractivity (Wildman–Crippen MR) is 102 cm³/mol. The minimum absolute atomic E-state index is 0.211. The summed E-state index contributed by atoms with van der Waals surface area (Å²) in [5.74, 6) is 0. The molecular formula is C23H30N+. The van der Waals surface area contributed by atoms with Crippen molar-refractivity contribution in [2.75, 3.05) is 0 Å². The molecule has 2 aromatic rings. The Morgan fingerprint density at radius 1 is 1.12 bits per heavy atom. The minimum atomic E-state index is 0.211. The molecule has 0 spiro atoms. The Morgan fingerprint density at radius 2 is 1.83 bits per heavy atom. The van der Waals surface area contributed by atoms with Gasteiger partial charge < -0.3 is 0 Å². The molecule has 1 nitrogen and oxygen atoms in total. The normalized spacial score (nSPS) is 16.1. The van der Waals surface area contributed by atoms with Gasteiger partial charge in [-0.05, 0) is 38.0 Å². The van der Waals surface area contributed by atoms with E-state index in [0.29, 0.717) is 0 Å². The largest absolute Gasteiger partial charge is 0.216 e. The first-order valence-corrected chi connectivity index (χ1v) is 9.29. The first kappa shape index (κ1) is 17.0. The lowest BCUT2D eigenvalue weighted by atomic mass is 9.70. The van der Waals surface area contributed by atoms with Gasteiger partial charge in [0, 0.05) is 36.0 Å². The van der Waals surface area contributed by atoms with Crippen LogP contribution >= 0.6 is 0 Å². The summed E-state index contributed by atoms with van der Waals surface area (Å²) in [5, 5.41) is 0. The van der Waals surface area contributed by atoms with Crippen LogP contribution in [0.25, 0.3) is 11.3 Å². The Bertz CT molecular complexity index is 762. The SMILES string of the molecule is C=C1CC(CC)([n+]2cc(C)cc(C)c2-c2ccccc2CCC)C1. The number of aryl methyl sites for hydroxylation is 3. The Morgan fingerprint density at radius 3 is 2.46 bits per heavy atom. The molecule has 1 aromatic heterocycles. The zero-order chi connectivity index (χ0) is 17.3. The van der Waals surface area contributed by atoms with Crippen LogP contribution in [0.2, 0.25) is 0 Å². The maximum Gasteiger partial charge on any atom is 0.216 e. The monoisotopic (exact) mass is 320 g/mol. The second-order valence-corrected chi connectivity index (χ2v) is 7.51. The molecular weight excluding hydrogens is 290 g/mol. The molecule has 0 amide bonds. The third-order valence-electron chi connectivity index (χ3n) is 5.51. The average Bonchev–Trinajstić information content (AvgIpc) is 2.52. The molecule has 1 heteroatoms. The van der Waals surface area contributed by atoms with E-state index in [4.69, 9.17) is 0 Å². The van der Waals surface area contributed by atoms with Gasteiger partial charge in [0.05, 0.1) is 0 Å². The summed E-state index contributed by atoms with van der Waals surface area (Å²) in [6.45, 7) is 13.3. The molecule has 0 aliphatic heterocycles. The zero-order valence-electron chi connectivity index (χ0n) is 15.7. The lowest BCUT2D eigenvalue weighted by molar-refractivity contribution is -0.763. The van der Waals surface area contributed by atoms with Crippen molar-refractivity contribution >= 4 is 0 Å². The third kappa shape index (κ3) is 2.81. The summed E-state index contributed by atoms with van der Waals surface area (Å²) in [7, 11) is 0. The molecule has 1 fully saturated rings. The van der Waals surface area contributed by atoms with Gasteiger partial charge in [-0.1, -0.05) is 50.6 Å². The molecule has 126 valence electrons. The van der Waals surface area contributed by atoms with E-state index >= 15 is 0 Å². The average molecular weight is 321 g/mol. The van der Waals surface area contributed by atoms with Crippen LogP contribution in [0.5, 0.6) is 0 Å². The maximum absolute atomic E-state index is 4.21. The van der Waals surface area contributed by atoms with E-state index < -0.39 is 0 Å². The molecule has 24 heavy (non-hydrogen) atoms. The van der Waals surface area contributed by atoms with Gasteiger partial charge in [-0.3, -0.25) is 0 Å². The number of hydrogen-bond acceptors (Lipinski definition) is 0. The third-order valence-corrected chi connectivity index (χ3v) is 5.51. The second kappa shape index (κ2) is 6.55. The van der Waals surface area contributed by atoms with Crippen molar-refractivity contribution in [3.63, 3.8) is 0 Å². The fraction of sp³-hybridized carbons (Fsp3) is 0.435. The van der Waals surface area contributed by atoms with Gasteiger partial charge in [-0.2, -0.15) is 4.57 Å². The van der Waals surface area contributed by atoms with Crippen molar-refractivity contribution in [3.8, 4) is 11.3 Å². The van der Waals surface area contributed by atoms with Crippen molar-refractivity contribution < 1.29 is 4.57 Å². The van der Waals surface area contributed by atoms with E-state index in [1.54, 1.807) is 0 Å². The van der Waals surface area contributed by atoms with Crippen LogP contribution in [0.15, 0.2) is 48.7 Å². The van der Waals surface area contributed by atoms with Crippen LogP contribution in [-0.4, -0.2) is 0 Å². The number of benzene rings is 1. The topological polar surface area (TPSA) is 3.88 Å². The van der Waals surface area contributed by atoms with E-state index in [9.17, 15) is 0 Å². The highest BCUT2D eigenvalue weighted by Gasteiger charge is 2.49. The Kier molecular flexibility index (Phi) is 4.62. The van der Waals surface area contributed by atoms with Gasteiger partial charge in [-0.25, -0.2) is 0 Å². The number of hydrogen-bond donors (Lipinski definition) is 0. The summed E-state index contributed by atoms with van der Waals surface area (Å²) in [6, 6.07) is 11.3. The first-order valence-electron chi connectivity index (χ1n) is 9.29. The predicted octanol–water partition coefficient (Wildman–Crippen LogP) is 5.67. The number of aromatic nitrogens is 1. The van der Waals surface area contributed by atoms with Gasteiger partial charge in [0.1, 0.15) is 0 Å². The maximum atomic E-state index is 4.21. The molecule has 3 rings (SSSR count). The van der Waals surface area contributed by atoms with Crippen molar-refractivity contribution in [1.29, 1.82) is 0 Å². The zero-order valence-corrected chi connectivity index (χ0v) is 15.7. The molecule has 1 aliphatic carbocycles. The number of nitrogens with zero attached hydrogens (tertiary/aromatic N) is 1.